The molecule has 2 unspecified atom stereocenters. The highest BCUT2D eigenvalue weighted by Crippen LogP contribution is 2.23. The lowest BCUT2D eigenvalue weighted by atomic mass is 9.87. The van der Waals surface area contributed by atoms with E-state index in [0.29, 0.717) is 6.10 Å². The molecule has 18 heavy (non-hydrogen) atoms. The van der Waals surface area contributed by atoms with Crippen LogP contribution in [0.15, 0.2) is 0 Å². The van der Waals surface area contributed by atoms with Crippen LogP contribution in [0.2, 0.25) is 0 Å². The van der Waals surface area contributed by atoms with Gasteiger partial charge in [-0.15, -0.1) is 0 Å². The minimum atomic E-state index is 0.347. The summed E-state index contributed by atoms with van der Waals surface area (Å²) in [6.07, 6.45) is 5.90. The van der Waals surface area contributed by atoms with E-state index in [4.69, 9.17) is 4.74 Å². The maximum Gasteiger partial charge on any atom is 0.0596 e. The van der Waals surface area contributed by atoms with Crippen molar-refractivity contribution in [2.24, 2.45) is 5.92 Å². The highest BCUT2D eigenvalue weighted by Gasteiger charge is 2.17. The number of ether oxygens (including phenoxy) is 1. The van der Waals surface area contributed by atoms with E-state index in [0.717, 1.165) is 38.2 Å². The second kappa shape index (κ2) is 8.89. The summed E-state index contributed by atoms with van der Waals surface area (Å²) in [6, 6.07) is 0.758. The fraction of sp³-hybridized carbons (Fsp3) is 1.00. The molecule has 0 radical (unpaired) electrons. The van der Waals surface area contributed by atoms with E-state index >= 15 is 0 Å². The predicted octanol–water partition coefficient (Wildman–Crippen LogP) is 2.51. The van der Waals surface area contributed by atoms with E-state index in [9.17, 15) is 0 Å². The highest BCUT2D eigenvalue weighted by atomic mass is 16.5. The van der Waals surface area contributed by atoms with Crippen LogP contribution in [0.3, 0.4) is 0 Å². The van der Waals surface area contributed by atoms with E-state index < -0.39 is 0 Å². The molecule has 1 N–H and O–H groups in total. The molecule has 3 heteroatoms. The van der Waals surface area contributed by atoms with Gasteiger partial charge in [-0.1, -0.05) is 19.8 Å². The van der Waals surface area contributed by atoms with Crippen molar-refractivity contribution < 1.29 is 4.74 Å². The monoisotopic (exact) mass is 256 g/mol. The standard InChI is InChI=1S/C15H32N2O/c1-13(2)18-11-10-17(4)9-8-16-15-7-5-6-14(3)12-15/h13-16H,5-12H2,1-4H3. The summed E-state index contributed by atoms with van der Waals surface area (Å²) in [5.41, 5.74) is 0. The molecule has 108 valence electrons. The van der Waals surface area contributed by atoms with E-state index in [1.807, 2.05) is 0 Å². The molecule has 1 saturated carbocycles. The first kappa shape index (κ1) is 15.9. The maximum absolute atomic E-state index is 5.56. The predicted molar refractivity (Wildman–Crippen MR) is 78.0 cm³/mol. The lowest BCUT2D eigenvalue weighted by molar-refractivity contribution is 0.0638. The third kappa shape index (κ3) is 7.34. The second-order valence-electron chi connectivity index (χ2n) is 6.15. The van der Waals surface area contributed by atoms with Gasteiger partial charge in [0.2, 0.25) is 0 Å². The van der Waals surface area contributed by atoms with Gasteiger partial charge in [0.15, 0.2) is 0 Å². The first-order valence-electron chi connectivity index (χ1n) is 7.61. The molecular weight excluding hydrogens is 224 g/mol. The summed E-state index contributed by atoms with van der Waals surface area (Å²) >= 11 is 0. The summed E-state index contributed by atoms with van der Waals surface area (Å²) in [4.78, 5) is 2.35. The molecule has 0 heterocycles. The Morgan fingerprint density at radius 1 is 1.28 bits per heavy atom. The molecule has 0 spiro atoms. The first-order valence-corrected chi connectivity index (χ1v) is 7.61. The topological polar surface area (TPSA) is 24.5 Å². The first-order chi connectivity index (χ1) is 8.58. The van der Waals surface area contributed by atoms with Gasteiger partial charge in [0.25, 0.3) is 0 Å². The molecule has 1 aliphatic rings. The van der Waals surface area contributed by atoms with Gasteiger partial charge in [-0.25, -0.2) is 0 Å². The summed E-state index contributed by atoms with van der Waals surface area (Å²) < 4.78 is 5.56. The largest absolute Gasteiger partial charge is 0.377 e. The van der Waals surface area contributed by atoms with E-state index in [1.165, 1.54) is 25.7 Å². The molecule has 1 aliphatic carbocycles. The van der Waals surface area contributed by atoms with Crippen LogP contribution in [0.25, 0.3) is 0 Å². The number of likely N-dealkylation sites (N-methyl/N-ethyl adjacent to an activating group) is 1. The van der Waals surface area contributed by atoms with Crippen molar-refractivity contribution in [3.63, 3.8) is 0 Å². The molecule has 0 aromatic heterocycles. The van der Waals surface area contributed by atoms with E-state index in [2.05, 4.69) is 38.0 Å². The number of nitrogens with one attached hydrogen (secondary N) is 1. The zero-order valence-electron chi connectivity index (χ0n) is 12.7. The van der Waals surface area contributed by atoms with Crippen molar-refractivity contribution in [2.75, 3.05) is 33.3 Å². The quantitative estimate of drug-likeness (QED) is 0.722. The van der Waals surface area contributed by atoms with Gasteiger partial charge >= 0.3 is 0 Å². The fourth-order valence-electron chi connectivity index (χ4n) is 2.64. The van der Waals surface area contributed by atoms with Crippen LogP contribution in [0.5, 0.6) is 0 Å². The van der Waals surface area contributed by atoms with Crippen molar-refractivity contribution in [3.05, 3.63) is 0 Å². The number of hydrogen-bond acceptors (Lipinski definition) is 3. The fourth-order valence-corrected chi connectivity index (χ4v) is 2.64. The minimum Gasteiger partial charge on any atom is -0.377 e. The zero-order chi connectivity index (χ0) is 13.4. The number of rotatable bonds is 8. The van der Waals surface area contributed by atoms with Crippen molar-refractivity contribution in [2.45, 2.75) is 58.6 Å². The average molecular weight is 256 g/mol. The third-order valence-corrected chi connectivity index (χ3v) is 3.79. The van der Waals surface area contributed by atoms with Crippen LogP contribution >= 0.6 is 0 Å². The summed E-state index contributed by atoms with van der Waals surface area (Å²) in [5.74, 6) is 0.911. The number of nitrogens with zero attached hydrogens (tertiary/aromatic N) is 1. The summed E-state index contributed by atoms with van der Waals surface area (Å²) in [6.45, 7) is 10.7. The number of hydrogen-bond donors (Lipinski definition) is 1. The van der Waals surface area contributed by atoms with Gasteiger partial charge < -0.3 is 15.0 Å². The SMILES string of the molecule is CC1CCCC(NCCN(C)CCOC(C)C)C1. The highest BCUT2D eigenvalue weighted by molar-refractivity contribution is 4.76. The Kier molecular flexibility index (Phi) is 7.87. The maximum atomic E-state index is 5.56. The normalized spacial score (nSPS) is 25.0. The lowest BCUT2D eigenvalue weighted by Gasteiger charge is -2.28. The van der Waals surface area contributed by atoms with Gasteiger partial charge in [-0.2, -0.15) is 0 Å². The van der Waals surface area contributed by atoms with Crippen molar-refractivity contribution in [1.29, 1.82) is 0 Å². The van der Waals surface area contributed by atoms with Crippen LogP contribution < -0.4 is 5.32 Å². The van der Waals surface area contributed by atoms with Crippen LogP contribution in [-0.4, -0.2) is 50.3 Å². The van der Waals surface area contributed by atoms with Gasteiger partial charge in [0, 0.05) is 25.7 Å². The molecule has 2 atom stereocenters. The van der Waals surface area contributed by atoms with Crippen molar-refractivity contribution >= 4 is 0 Å². The Labute approximate surface area is 113 Å². The Bertz CT molecular complexity index is 209. The zero-order valence-corrected chi connectivity index (χ0v) is 12.7. The molecule has 3 nitrogen and oxygen atoms in total. The van der Waals surface area contributed by atoms with Gasteiger partial charge in [-0.3, -0.25) is 0 Å². The summed E-state index contributed by atoms with van der Waals surface area (Å²) in [5, 5.41) is 3.70. The van der Waals surface area contributed by atoms with Crippen molar-refractivity contribution in [1.82, 2.24) is 10.2 Å². The van der Waals surface area contributed by atoms with Crippen LogP contribution in [-0.2, 0) is 4.74 Å². The van der Waals surface area contributed by atoms with Crippen LogP contribution in [0.1, 0.15) is 46.5 Å². The molecule has 0 amide bonds. The van der Waals surface area contributed by atoms with Crippen molar-refractivity contribution in [3.8, 4) is 0 Å². The van der Waals surface area contributed by atoms with Crippen LogP contribution in [0.4, 0.5) is 0 Å². The Morgan fingerprint density at radius 3 is 2.72 bits per heavy atom. The third-order valence-electron chi connectivity index (χ3n) is 3.79. The van der Waals surface area contributed by atoms with Crippen LogP contribution in [0, 0.1) is 5.92 Å². The van der Waals surface area contributed by atoms with Gasteiger partial charge in [0.1, 0.15) is 0 Å². The molecule has 0 aromatic rings. The minimum absolute atomic E-state index is 0.347. The molecule has 0 aromatic carbocycles. The lowest BCUT2D eigenvalue weighted by Crippen LogP contribution is -2.39. The van der Waals surface area contributed by atoms with E-state index in [1.54, 1.807) is 0 Å². The molecule has 0 saturated heterocycles. The molecule has 1 rings (SSSR count). The molecule has 0 bridgehead atoms. The second-order valence-corrected chi connectivity index (χ2v) is 6.15. The van der Waals surface area contributed by atoms with E-state index in [-0.39, 0.29) is 0 Å². The molecule has 1 fully saturated rings. The Morgan fingerprint density at radius 2 is 2.06 bits per heavy atom. The summed E-state index contributed by atoms with van der Waals surface area (Å²) in [7, 11) is 2.18. The smallest absolute Gasteiger partial charge is 0.0596 e. The molecule has 0 aliphatic heterocycles. The molecular formula is C15H32N2O. The average Bonchev–Trinajstić information content (AvgIpc) is 2.28. The Balaban J connectivity index is 1.99. The Hall–Kier alpha value is -0.120. The van der Waals surface area contributed by atoms with Gasteiger partial charge in [0.05, 0.1) is 12.7 Å². The van der Waals surface area contributed by atoms with Gasteiger partial charge in [-0.05, 0) is 39.7 Å².